The number of methoxy groups -OCH3 is 2. The fourth-order valence-electron chi connectivity index (χ4n) is 4.54. The van der Waals surface area contributed by atoms with Gasteiger partial charge < -0.3 is 29.2 Å². The third kappa shape index (κ3) is 5.14. The average molecular weight is 526 g/mol. The van der Waals surface area contributed by atoms with Crippen LogP contribution in [0.25, 0.3) is 16.8 Å². The van der Waals surface area contributed by atoms with Crippen molar-refractivity contribution >= 4 is 29.3 Å². The highest BCUT2D eigenvalue weighted by atomic mass is 16.6. The molecule has 0 unspecified atom stereocenters. The summed E-state index contributed by atoms with van der Waals surface area (Å²) >= 11 is 0. The van der Waals surface area contributed by atoms with Gasteiger partial charge in [-0.15, -0.1) is 0 Å². The van der Waals surface area contributed by atoms with Crippen molar-refractivity contribution < 1.29 is 28.5 Å². The zero-order valence-corrected chi connectivity index (χ0v) is 22.0. The second-order valence-corrected chi connectivity index (χ2v) is 10.1. The van der Waals surface area contributed by atoms with Crippen molar-refractivity contribution in [3.8, 4) is 22.8 Å². The lowest BCUT2D eigenvalue weighted by Crippen LogP contribution is -2.41. The molecule has 1 fully saturated rings. The van der Waals surface area contributed by atoms with E-state index < -0.39 is 17.8 Å². The van der Waals surface area contributed by atoms with Gasteiger partial charge in [-0.2, -0.15) is 10.1 Å². The number of amides is 2. The first-order valence-corrected chi connectivity index (χ1v) is 12.3. The Labute approximate surface area is 219 Å². The zero-order chi connectivity index (χ0) is 27.0. The van der Waals surface area contributed by atoms with Crippen LogP contribution in [0.15, 0.2) is 24.5 Å². The van der Waals surface area contributed by atoms with E-state index in [4.69, 9.17) is 23.9 Å². The van der Waals surface area contributed by atoms with Crippen LogP contribution in [0.4, 0.5) is 16.4 Å². The van der Waals surface area contributed by atoms with Gasteiger partial charge in [0.1, 0.15) is 29.9 Å². The molecule has 1 saturated heterocycles. The summed E-state index contributed by atoms with van der Waals surface area (Å²) in [5, 5.41) is 10.4. The molecule has 13 heteroatoms. The minimum atomic E-state index is -0.669. The van der Waals surface area contributed by atoms with Crippen LogP contribution < -0.4 is 20.1 Å². The van der Waals surface area contributed by atoms with Crippen molar-refractivity contribution in [1.82, 2.24) is 24.5 Å². The summed E-state index contributed by atoms with van der Waals surface area (Å²) in [5.74, 6) is 1.37. The van der Waals surface area contributed by atoms with Gasteiger partial charge in [-0.25, -0.2) is 14.3 Å². The number of hydrogen-bond donors (Lipinski definition) is 2. The molecule has 38 heavy (non-hydrogen) atoms. The van der Waals surface area contributed by atoms with Crippen LogP contribution in [0.1, 0.15) is 27.2 Å². The van der Waals surface area contributed by atoms with Gasteiger partial charge in [-0.05, 0) is 38.5 Å². The van der Waals surface area contributed by atoms with Crippen LogP contribution in [0.5, 0.6) is 11.6 Å². The first kappa shape index (κ1) is 25.5. The number of aromatic nitrogens is 4. The number of rotatable bonds is 3. The highest BCUT2D eigenvalue weighted by molar-refractivity contribution is 5.87. The predicted molar refractivity (Wildman–Crippen MR) is 138 cm³/mol. The van der Waals surface area contributed by atoms with E-state index in [0.717, 1.165) is 0 Å². The predicted octanol–water partition coefficient (Wildman–Crippen LogP) is 2.57. The van der Waals surface area contributed by atoms with Gasteiger partial charge in [0.05, 0.1) is 25.5 Å². The van der Waals surface area contributed by atoms with Gasteiger partial charge in [0.2, 0.25) is 0 Å². The maximum atomic E-state index is 12.9. The van der Waals surface area contributed by atoms with Crippen LogP contribution >= 0.6 is 0 Å². The number of anilines is 2. The lowest BCUT2D eigenvalue weighted by molar-refractivity contribution is -0.136. The molecule has 3 aromatic rings. The van der Waals surface area contributed by atoms with Crippen LogP contribution in [-0.4, -0.2) is 88.1 Å². The SMILES string of the molecule is COc1cn2ncc3c2nc1OC[C@@H]1C[C@@H](OC)C(=O)N1CCNc1cc-3cc(NC(=O)OC(C)(C)C)n1. The van der Waals surface area contributed by atoms with Crippen LogP contribution in [0.2, 0.25) is 0 Å². The number of pyridine rings is 1. The Bertz CT molecular complexity index is 1370. The van der Waals surface area contributed by atoms with Gasteiger partial charge in [0.25, 0.3) is 11.8 Å². The van der Waals surface area contributed by atoms with Crippen LogP contribution in [0, 0.1) is 0 Å². The molecule has 0 aliphatic carbocycles. The Morgan fingerprint density at radius 3 is 2.79 bits per heavy atom. The summed E-state index contributed by atoms with van der Waals surface area (Å²) < 4.78 is 24.0. The Balaban J connectivity index is 1.57. The molecule has 202 valence electrons. The van der Waals surface area contributed by atoms with Crippen molar-refractivity contribution in [1.29, 1.82) is 0 Å². The normalized spacial score (nSPS) is 19.4. The maximum Gasteiger partial charge on any atom is 0.413 e. The average Bonchev–Trinajstić information content (AvgIpc) is 3.40. The summed E-state index contributed by atoms with van der Waals surface area (Å²) in [6.45, 7) is 6.39. The first-order valence-electron chi connectivity index (χ1n) is 12.3. The lowest BCUT2D eigenvalue weighted by atomic mass is 10.1. The third-order valence-electron chi connectivity index (χ3n) is 6.25. The van der Waals surface area contributed by atoms with E-state index in [1.54, 1.807) is 48.6 Å². The molecule has 5 heterocycles. The van der Waals surface area contributed by atoms with Gasteiger partial charge in [0.15, 0.2) is 11.4 Å². The smallest absolute Gasteiger partial charge is 0.413 e. The van der Waals surface area contributed by atoms with E-state index in [0.29, 0.717) is 47.9 Å². The number of hydrogen-bond acceptors (Lipinski definition) is 10. The molecule has 2 aliphatic rings. The summed E-state index contributed by atoms with van der Waals surface area (Å²) in [4.78, 5) is 36.4. The van der Waals surface area contributed by atoms with E-state index in [-0.39, 0.29) is 30.3 Å². The van der Waals surface area contributed by atoms with Gasteiger partial charge >= 0.3 is 6.09 Å². The van der Waals surface area contributed by atoms with Crippen molar-refractivity contribution in [3.05, 3.63) is 24.5 Å². The highest BCUT2D eigenvalue weighted by Crippen LogP contribution is 2.33. The fourth-order valence-corrected chi connectivity index (χ4v) is 4.54. The fraction of sp³-hybridized carbons (Fsp3) is 0.480. The number of fused-ring (bicyclic) bond motifs is 5. The Morgan fingerprint density at radius 1 is 1.24 bits per heavy atom. The topological polar surface area (TPSA) is 141 Å². The molecule has 3 aromatic heterocycles. The molecule has 2 aliphatic heterocycles. The van der Waals surface area contributed by atoms with Crippen molar-refractivity contribution in [3.63, 3.8) is 0 Å². The largest absolute Gasteiger partial charge is 0.490 e. The standard InChI is InChI=1S/C25H31N7O6/c1-25(2,3)38-24(34)29-20-9-14-8-19(28-20)26-6-7-31-15(10-17(35-4)23(31)33)13-37-22-18(36-5)12-32-21(30-22)16(14)11-27-32/h8-9,11-12,15,17H,6-7,10,13H2,1-5H3,(H2,26,28,29,34)/t15-,17+/m0/s1. The number of carbonyl (C=O) groups excluding carboxylic acids is 2. The Hall–Kier alpha value is -4.13. The molecule has 13 nitrogen and oxygen atoms in total. The summed E-state index contributed by atoms with van der Waals surface area (Å²) in [6.07, 6.45) is 2.69. The van der Waals surface area contributed by atoms with E-state index in [1.807, 2.05) is 6.07 Å². The van der Waals surface area contributed by atoms with Gasteiger partial charge in [-0.1, -0.05) is 0 Å². The monoisotopic (exact) mass is 525 g/mol. The van der Waals surface area contributed by atoms with Crippen molar-refractivity contribution in [2.75, 3.05) is 44.5 Å². The zero-order valence-electron chi connectivity index (χ0n) is 22.0. The van der Waals surface area contributed by atoms with Crippen LogP contribution in [0.3, 0.4) is 0 Å². The van der Waals surface area contributed by atoms with E-state index >= 15 is 0 Å². The second-order valence-electron chi connectivity index (χ2n) is 10.1. The number of carbonyl (C=O) groups is 2. The lowest BCUT2D eigenvalue weighted by Gasteiger charge is -2.25. The van der Waals surface area contributed by atoms with Crippen molar-refractivity contribution in [2.24, 2.45) is 0 Å². The molecule has 2 N–H and O–H groups in total. The molecule has 0 spiro atoms. The molecule has 2 amide bonds. The molecule has 0 saturated carbocycles. The van der Waals surface area contributed by atoms with Gasteiger partial charge in [-0.3, -0.25) is 10.1 Å². The minimum absolute atomic E-state index is 0.0996. The van der Waals surface area contributed by atoms with E-state index in [2.05, 4.69) is 20.7 Å². The summed E-state index contributed by atoms with van der Waals surface area (Å²) in [7, 11) is 3.05. The molecule has 4 bridgehead atoms. The molecule has 0 radical (unpaired) electrons. The molecule has 5 rings (SSSR count). The molecule has 0 aromatic carbocycles. The minimum Gasteiger partial charge on any atom is -0.490 e. The Morgan fingerprint density at radius 2 is 2.05 bits per heavy atom. The number of ether oxygens (including phenoxy) is 4. The molecule has 2 atom stereocenters. The molecular weight excluding hydrogens is 494 g/mol. The molecular formula is C25H31N7O6. The van der Waals surface area contributed by atoms with Crippen LogP contribution in [-0.2, 0) is 14.3 Å². The highest BCUT2D eigenvalue weighted by Gasteiger charge is 2.40. The number of nitrogens with zero attached hydrogens (tertiary/aromatic N) is 5. The summed E-state index contributed by atoms with van der Waals surface area (Å²) in [6, 6.07) is 3.33. The number of nitrogens with one attached hydrogen (secondary N) is 2. The van der Waals surface area contributed by atoms with E-state index in [1.165, 1.54) is 14.2 Å². The second kappa shape index (κ2) is 9.97. The maximum absolute atomic E-state index is 12.9. The summed E-state index contributed by atoms with van der Waals surface area (Å²) in [5.41, 5.74) is 1.26. The Kier molecular flexibility index (Phi) is 6.69. The van der Waals surface area contributed by atoms with Crippen molar-refractivity contribution in [2.45, 2.75) is 44.9 Å². The van der Waals surface area contributed by atoms with Gasteiger partial charge in [0, 0.05) is 32.2 Å². The third-order valence-corrected chi connectivity index (χ3v) is 6.25. The quantitative estimate of drug-likeness (QED) is 0.524. The van der Waals surface area contributed by atoms with E-state index in [9.17, 15) is 9.59 Å². The first-order chi connectivity index (χ1) is 18.1.